The Balaban J connectivity index is 3.23. The Labute approximate surface area is 62.9 Å². The van der Waals surface area contributed by atoms with Gasteiger partial charge in [-0.1, -0.05) is 0 Å². The normalized spacial score (nSPS) is 9.45. The van der Waals surface area contributed by atoms with Gasteiger partial charge in [0.1, 0.15) is 5.75 Å². The second-order valence-electron chi connectivity index (χ2n) is 2.06. The smallest absolute Gasteiger partial charge is 0.388 e. The molecule has 3 N–H and O–H groups in total. The largest absolute Gasteiger partial charge is 0.508 e. The third kappa shape index (κ3) is 1.40. The van der Waals surface area contributed by atoms with Crippen LogP contribution in [-0.4, -0.2) is 11.1 Å². The number of carbonyl (C=O) groups excluding carboxylic acids is 1. The maximum atomic E-state index is 10.3. The van der Waals surface area contributed by atoms with Crippen molar-refractivity contribution in [2.24, 2.45) is 0 Å². The predicted molar refractivity (Wildman–Crippen MR) is 37.5 cm³/mol. The van der Waals surface area contributed by atoms with Gasteiger partial charge in [-0.05, 0) is 18.2 Å². The van der Waals surface area contributed by atoms with E-state index in [1.165, 1.54) is 12.1 Å². The molecule has 0 aromatic heterocycles. The molecule has 1 aromatic carbocycles. The number of nitrogen functional groups attached to an aromatic ring is 1. The van der Waals surface area contributed by atoms with Crippen molar-refractivity contribution in [2.45, 2.75) is 0 Å². The molecule has 0 aliphatic carbocycles. The number of aromatic hydroxyl groups is 1. The molecule has 0 amide bonds. The molecule has 4 heteroatoms. The van der Waals surface area contributed by atoms with Gasteiger partial charge < -0.3 is 10.8 Å². The van der Waals surface area contributed by atoms with Crippen LogP contribution in [0.3, 0.4) is 0 Å². The summed E-state index contributed by atoms with van der Waals surface area (Å²) in [6.45, 7) is 0. The summed E-state index contributed by atoms with van der Waals surface area (Å²) in [5, 5.41) is 19.1. The van der Waals surface area contributed by atoms with Crippen LogP contribution in [0.15, 0.2) is 18.2 Å². The lowest BCUT2D eigenvalue weighted by Crippen LogP contribution is -1.99. The van der Waals surface area contributed by atoms with Crippen LogP contribution in [0.2, 0.25) is 0 Å². The highest BCUT2D eigenvalue weighted by molar-refractivity contribution is 5.93. The Hall–Kier alpha value is -1.71. The molecular weight excluding hydrogens is 146 g/mol. The van der Waals surface area contributed by atoms with Crippen molar-refractivity contribution in [1.82, 2.24) is 0 Å². The van der Waals surface area contributed by atoms with Crippen LogP contribution in [0.1, 0.15) is 10.4 Å². The van der Waals surface area contributed by atoms with Gasteiger partial charge in [-0.25, -0.2) is 9.90 Å². The first kappa shape index (κ1) is 7.40. The van der Waals surface area contributed by atoms with E-state index in [4.69, 9.17) is 10.8 Å². The molecule has 11 heavy (non-hydrogen) atoms. The van der Waals surface area contributed by atoms with Crippen molar-refractivity contribution >= 4 is 11.7 Å². The molecule has 0 unspecified atom stereocenters. The van der Waals surface area contributed by atoms with E-state index in [0.29, 0.717) is 0 Å². The fourth-order valence-electron chi connectivity index (χ4n) is 0.721. The maximum absolute atomic E-state index is 10.3. The van der Waals surface area contributed by atoms with Crippen molar-refractivity contribution in [2.75, 3.05) is 5.73 Å². The first-order valence-corrected chi connectivity index (χ1v) is 2.91. The van der Waals surface area contributed by atoms with Crippen LogP contribution in [0.4, 0.5) is 5.69 Å². The third-order valence-corrected chi connectivity index (χ3v) is 1.26. The maximum Gasteiger partial charge on any atom is 0.388 e. The van der Waals surface area contributed by atoms with Crippen molar-refractivity contribution < 1.29 is 15.0 Å². The molecule has 0 heterocycles. The zero-order valence-corrected chi connectivity index (χ0v) is 5.57. The SMILES string of the molecule is Nc1ccc(O)cc1C([O])=O. The summed E-state index contributed by atoms with van der Waals surface area (Å²) in [5.74, 6) is -1.53. The molecule has 0 atom stereocenters. The minimum Gasteiger partial charge on any atom is -0.508 e. The Morgan fingerprint density at radius 3 is 2.55 bits per heavy atom. The molecule has 0 bridgehead atoms. The van der Waals surface area contributed by atoms with Gasteiger partial charge in [-0.2, -0.15) is 0 Å². The van der Waals surface area contributed by atoms with Gasteiger partial charge in [0.05, 0.1) is 5.56 Å². The van der Waals surface area contributed by atoms with E-state index in [0.717, 1.165) is 6.07 Å². The Kier molecular flexibility index (Phi) is 1.68. The van der Waals surface area contributed by atoms with E-state index in [1.807, 2.05) is 0 Å². The molecular formula is C7H6NO3. The van der Waals surface area contributed by atoms with E-state index in [2.05, 4.69) is 0 Å². The molecule has 0 aliphatic rings. The van der Waals surface area contributed by atoms with Gasteiger partial charge in [0.2, 0.25) is 0 Å². The quantitative estimate of drug-likeness (QED) is 0.455. The van der Waals surface area contributed by atoms with Crippen LogP contribution in [0.5, 0.6) is 5.75 Å². The second-order valence-corrected chi connectivity index (χ2v) is 2.06. The number of hydrogen-bond donors (Lipinski definition) is 2. The molecule has 4 nitrogen and oxygen atoms in total. The highest BCUT2D eigenvalue weighted by Gasteiger charge is 2.09. The summed E-state index contributed by atoms with van der Waals surface area (Å²) in [4.78, 5) is 10.3. The van der Waals surface area contributed by atoms with E-state index in [9.17, 15) is 9.90 Å². The van der Waals surface area contributed by atoms with Gasteiger partial charge in [-0.3, -0.25) is 0 Å². The highest BCUT2D eigenvalue weighted by Crippen LogP contribution is 2.17. The molecule has 0 saturated heterocycles. The number of nitrogens with two attached hydrogens (primary N) is 1. The first-order chi connectivity index (χ1) is 5.11. The minimum absolute atomic E-state index is 0.0859. The van der Waals surface area contributed by atoms with Gasteiger partial charge in [0.25, 0.3) is 0 Å². The molecule has 0 fully saturated rings. The number of phenols is 1. The van der Waals surface area contributed by atoms with Crippen LogP contribution >= 0.6 is 0 Å². The minimum atomic E-state index is -1.39. The summed E-state index contributed by atoms with van der Waals surface area (Å²) < 4.78 is 0. The van der Waals surface area contributed by atoms with Gasteiger partial charge in [0, 0.05) is 5.69 Å². The lowest BCUT2D eigenvalue weighted by molar-refractivity contribution is 0.0574. The number of hydrogen-bond acceptors (Lipinski definition) is 3. The summed E-state index contributed by atoms with van der Waals surface area (Å²) in [6, 6.07) is 3.66. The Morgan fingerprint density at radius 1 is 1.45 bits per heavy atom. The van der Waals surface area contributed by atoms with Gasteiger partial charge >= 0.3 is 5.97 Å². The lowest BCUT2D eigenvalue weighted by atomic mass is 10.2. The predicted octanol–water partition coefficient (Wildman–Crippen LogP) is 0.545. The van der Waals surface area contributed by atoms with Crippen molar-refractivity contribution in [3.63, 3.8) is 0 Å². The van der Waals surface area contributed by atoms with Crippen molar-refractivity contribution in [3.05, 3.63) is 23.8 Å². The van der Waals surface area contributed by atoms with Gasteiger partial charge in [-0.15, -0.1) is 0 Å². The van der Waals surface area contributed by atoms with E-state index >= 15 is 0 Å². The molecule has 57 valence electrons. The molecule has 0 saturated carbocycles. The van der Waals surface area contributed by atoms with E-state index in [1.54, 1.807) is 0 Å². The number of carbonyl (C=O) groups is 1. The molecule has 0 spiro atoms. The fraction of sp³-hybridized carbons (Fsp3) is 0. The fourth-order valence-corrected chi connectivity index (χ4v) is 0.721. The number of phenolic OH excluding ortho intramolecular Hbond substituents is 1. The molecule has 1 radical (unpaired) electrons. The van der Waals surface area contributed by atoms with Gasteiger partial charge in [0.15, 0.2) is 0 Å². The topological polar surface area (TPSA) is 83.2 Å². The standard InChI is InChI=1S/C7H6NO3/c8-6-2-1-4(9)3-5(6)7(10)11/h1-3,9H,8H2. The second kappa shape index (κ2) is 2.49. The molecule has 1 aromatic rings. The van der Waals surface area contributed by atoms with Crippen LogP contribution in [0, 0.1) is 0 Å². The highest BCUT2D eigenvalue weighted by atomic mass is 16.4. The van der Waals surface area contributed by atoms with E-state index < -0.39 is 5.97 Å². The number of benzene rings is 1. The lowest BCUT2D eigenvalue weighted by Gasteiger charge is -1.97. The van der Waals surface area contributed by atoms with Crippen LogP contribution < -0.4 is 5.73 Å². The van der Waals surface area contributed by atoms with E-state index in [-0.39, 0.29) is 17.0 Å². The third-order valence-electron chi connectivity index (χ3n) is 1.26. The number of anilines is 1. The molecule has 0 aliphatic heterocycles. The average molecular weight is 152 g/mol. The van der Waals surface area contributed by atoms with Crippen LogP contribution in [-0.2, 0) is 5.11 Å². The molecule has 1 rings (SSSR count). The average Bonchev–Trinajstić information content (AvgIpc) is 1.94. The Morgan fingerprint density at radius 2 is 2.09 bits per heavy atom. The zero-order chi connectivity index (χ0) is 8.43. The van der Waals surface area contributed by atoms with Crippen molar-refractivity contribution in [1.29, 1.82) is 0 Å². The zero-order valence-electron chi connectivity index (χ0n) is 5.57. The first-order valence-electron chi connectivity index (χ1n) is 2.91. The summed E-state index contributed by atoms with van der Waals surface area (Å²) in [6.07, 6.45) is 0. The summed E-state index contributed by atoms with van der Waals surface area (Å²) in [5.41, 5.74) is 5.15. The van der Waals surface area contributed by atoms with Crippen LogP contribution in [0.25, 0.3) is 0 Å². The number of rotatable bonds is 1. The summed E-state index contributed by atoms with van der Waals surface area (Å²) in [7, 11) is 0. The monoisotopic (exact) mass is 152 g/mol. The Bertz CT molecular complexity index is 296. The summed E-state index contributed by atoms with van der Waals surface area (Å²) >= 11 is 0. The van der Waals surface area contributed by atoms with Crippen molar-refractivity contribution in [3.8, 4) is 5.75 Å².